The van der Waals surface area contributed by atoms with E-state index in [1.54, 1.807) is 0 Å². The van der Waals surface area contributed by atoms with Crippen molar-refractivity contribution in [2.24, 2.45) is 0 Å². The molecular formula is C30H28N2O4S. The summed E-state index contributed by atoms with van der Waals surface area (Å²) in [6.07, 6.45) is 7.50. The molecule has 0 radical (unpaired) electrons. The van der Waals surface area contributed by atoms with E-state index in [0.29, 0.717) is 13.6 Å². The summed E-state index contributed by atoms with van der Waals surface area (Å²) in [5.74, 6) is 3.29. The second-order valence-corrected chi connectivity index (χ2v) is 10.5. The topological polar surface area (TPSA) is 62.7 Å². The van der Waals surface area contributed by atoms with E-state index in [-0.39, 0.29) is 10.5 Å². The molecule has 2 aliphatic heterocycles. The molecule has 0 N–H and O–H groups in total. The van der Waals surface area contributed by atoms with Crippen LogP contribution < -0.4 is 18.9 Å². The number of nitrogens with zero attached hydrogens (tertiary/aromatic N) is 2. The molecule has 0 saturated heterocycles. The van der Waals surface area contributed by atoms with Crippen molar-refractivity contribution in [3.8, 4) is 23.0 Å². The Bertz CT molecular complexity index is 1230. The fourth-order valence-corrected chi connectivity index (χ4v) is 6.15. The Kier molecular flexibility index (Phi) is 7.12. The number of thioether (sulfide) groups is 1. The van der Waals surface area contributed by atoms with Crippen LogP contribution in [0.3, 0.4) is 0 Å². The van der Waals surface area contributed by atoms with E-state index in [2.05, 4.69) is 48.5 Å². The van der Waals surface area contributed by atoms with Gasteiger partial charge in [-0.3, -0.25) is 9.97 Å². The van der Waals surface area contributed by atoms with Crippen LogP contribution in [0, 0.1) is 0 Å². The predicted molar refractivity (Wildman–Crippen MR) is 143 cm³/mol. The SMILES string of the molecule is c1ccc(C(CCc2ccc3c(c2)OCO3)SC(CCc2ccc3c(c2)OCO3)c2ccccn2)nc1. The molecule has 188 valence electrons. The maximum Gasteiger partial charge on any atom is 0.231 e. The number of hydrogen-bond acceptors (Lipinski definition) is 7. The minimum atomic E-state index is 0.218. The van der Waals surface area contributed by atoms with Gasteiger partial charge in [0.15, 0.2) is 23.0 Å². The molecule has 2 unspecified atom stereocenters. The van der Waals surface area contributed by atoms with Gasteiger partial charge in [-0.2, -0.15) is 0 Å². The van der Waals surface area contributed by atoms with Crippen LogP contribution in [0.1, 0.15) is 45.9 Å². The lowest BCUT2D eigenvalue weighted by Crippen LogP contribution is -2.06. The molecule has 0 aliphatic carbocycles. The van der Waals surface area contributed by atoms with Crippen LogP contribution in [0.15, 0.2) is 85.2 Å². The monoisotopic (exact) mass is 512 g/mol. The lowest BCUT2D eigenvalue weighted by molar-refractivity contribution is 0.173. The van der Waals surface area contributed by atoms with Crippen molar-refractivity contribution >= 4 is 11.8 Å². The van der Waals surface area contributed by atoms with E-state index in [1.165, 1.54) is 11.1 Å². The van der Waals surface area contributed by atoms with Crippen molar-refractivity contribution in [1.29, 1.82) is 0 Å². The summed E-state index contributed by atoms with van der Waals surface area (Å²) in [6, 6.07) is 24.8. The number of fused-ring (bicyclic) bond motifs is 2. The fraction of sp³-hybridized carbons (Fsp3) is 0.267. The van der Waals surface area contributed by atoms with Gasteiger partial charge in [0, 0.05) is 22.9 Å². The lowest BCUT2D eigenvalue weighted by atomic mass is 10.1. The molecular weight excluding hydrogens is 484 g/mol. The highest BCUT2D eigenvalue weighted by Gasteiger charge is 2.23. The molecule has 7 heteroatoms. The second kappa shape index (κ2) is 11.1. The van der Waals surface area contributed by atoms with Crippen molar-refractivity contribution in [3.05, 3.63) is 108 Å². The van der Waals surface area contributed by atoms with Crippen LogP contribution in [-0.2, 0) is 12.8 Å². The van der Waals surface area contributed by atoms with Crippen molar-refractivity contribution in [2.75, 3.05) is 13.6 Å². The van der Waals surface area contributed by atoms with Crippen LogP contribution in [0.25, 0.3) is 0 Å². The maximum atomic E-state index is 5.59. The number of aromatic nitrogens is 2. The molecule has 0 fully saturated rings. The molecule has 0 spiro atoms. The van der Waals surface area contributed by atoms with Crippen LogP contribution in [0.2, 0.25) is 0 Å². The third-order valence-corrected chi connectivity index (χ3v) is 8.24. The zero-order valence-corrected chi connectivity index (χ0v) is 21.2. The summed E-state index contributed by atoms with van der Waals surface area (Å²) in [5.41, 5.74) is 4.66. The Labute approximate surface area is 221 Å². The van der Waals surface area contributed by atoms with Gasteiger partial charge >= 0.3 is 0 Å². The smallest absolute Gasteiger partial charge is 0.231 e. The van der Waals surface area contributed by atoms with E-state index in [9.17, 15) is 0 Å². The number of ether oxygens (including phenoxy) is 4. The van der Waals surface area contributed by atoms with E-state index >= 15 is 0 Å². The quantitative estimate of drug-likeness (QED) is 0.234. The third-order valence-electron chi connectivity index (χ3n) is 6.63. The van der Waals surface area contributed by atoms with Crippen LogP contribution >= 0.6 is 11.8 Å². The number of rotatable bonds is 10. The molecule has 2 aromatic carbocycles. The Morgan fingerprint density at radius 1 is 0.595 bits per heavy atom. The van der Waals surface area contributed by atoms with E-state index in [4.69, 9.17) is 28.9 Å². The molecule has 2 aromatic heterocycles. The molecule has 6 nitrogen and oxygen atoms in total. The molecule has 6 rings (SSSR count). The molecule has 0 saturated carbocycles. The molecule has 4 aromatic rings. The van der Waals surface area contributed by atoms with Crippen molar-refractivity contribution < 1.29 is 18.9 Å². The largest absolute Gasteiger partial charge is 0.454 e. The minimum absolute atomic E-state index is 0.218. The Hall–Kier alpha value is -3.71. The molecule has 2 atom stereocenters. The average molecular weight is 513 g/mol. The predicted octanol–water partition coefficient (Wildman–Crippen LogP) is 6.72. The van der Waals surface area contributed by atoms with Gasteiger partial charge < -0.3 is 18.9 Å². The molecule has 0 amide bonds. The standard InChI is InChI=1S/C30H28N2O4S/c1-3-15-31-23(5-1)29(13-9-21-7-11-25-27(17-21)35-19-33-25)37-30(24-6-2-4-16-32-24)14-10-22-8-12-26-28(18-22)36-20-34-26/h1-8,11-12,15-18,29-30H,9-10,13-14,19-20H2. The van der Waals surface area contributed by atoms with Crippen molar-refractivity contribution in [3.63, 3.8) is 0 Å². The van der Waals surface area contributed by atoms with Gasteiger partial charge in [-0.1, -0.05) is 24.3 Å². The van der Waals surface area contributed by atoms with Crippen LogP contribution in [0.4, 0.5) is 0 Å². The summed E-state index contributed by atoms with van der Waals surface area (Å²) in [6.45, 7) is 0.584. The van der Waals surface area contributed by atoms with Gasteiger partial charge in [0.2, 0.25) is 13.6 Å². The molecule has 37 heavy (non-hydrogen) atoms. The lowest BCUT2D eigenvalue weighted by Gasteiger charge is -2.23. The summed E-state index contributed by atoms with van der Waals surface area (Å²) < 4.78 is 22.1. The summed E-state index contributed by atoms with van der Waals surface area (Å²) >= 11 is 1.95. The second-order valence-electron chi connectivity index (χ2n) is 9.08. The van der Waals surface area contributed by atoms with Gasteiger partial charge in [-0.25, -0.2) is 0 Å². The first-order valence-electron chi connectivity index (χ1n) is 12.6. The highest BCUT2D eigenvalue weighted by molar-refractivity contribution is 7.99. The zero-order chi connectivity index (χ0) is 24.9. The van der Waals surface area contributed by atoms with Gasteiger partial charge in [0.05, 0.1) is 11.4 Å². The average Bonchev–Trinajstić information content (AvgIpc) is 3.62. The first-order valence-corrected chi connectivity index (χ1v) is 13.5. The minimum Gasteiger partial charge on any atom is -0.454 e. The van der Waals surface area contributed by atoms with Gasteiger partial charge in [-0.05, 0) is 85.3 Å². The first-order chi connectivity index (χ1) is 18.3. The van der Waals surface area contributed by atoms with E-state index < -0.39 is 0 Å². The van der Waals surface area contributed by atoms with E-state index in [1.807, 2.05) is 48.4 Å². The summed E-state index contributed by atoms with van der Waals surface area (Å²) in [7, 11) is 0. The summed E-state index contributed by atoms with van der Waals surface area (Å²) in [5, 5.41) is 0.436. The number of pyridine rings is 2. The molecule has 4 heterocycles. The highest BCUT2D eigenvalue weighted by atomic mass is 32.2. The normalized spacial score (nSPS) is 14.9. The zero-order valence-electron chi connectivity index (χ0n) is 20.4. The van der Waals surface area contributed by atoms with Gasteiger partial charge in [-0.15, -0.1) is 11.8 Å². The van der Waals surface area contributed by atoms with Crippen LogP contribution in [0.5, 0.6) is 23.0 Å². The molecule has 0 bridgehead atoms. The fourth-order valence-electron chi connectivity index (χ4n) is 4.69. The summed E-state index contributed by atoms with van der Waals surface area (Å²) in [4.78, 5) is 9.47. The van der Waals surface area contributed by atoms with Crippen LogP contribution in [-0.4, -0.2) is 23.6 Å². The first kappa shape index (κ1) is 23.7. The number of aryl methyl sites for hydroxylation is 2. The highest BCUT2D eigenvalue weighted by Crippen LogP contribution is 2.45. The van der Waals surface area contributed by atoms with Crippen molar-refractivity contribution in [1.82, 2.24) is 9.97 Å². The van der Waals surface area contributed by atoms with Crippen molar-refractivity contribution in [2.45, 2.75) is 36.2 Å². The van der Waals surface area contributed by atoms with Gasteiger partial charge in [0.1, 0.15) is 0 Å². The molecule has 2 aliphatic rings. The maximum absolute atomic E-state index is 5.59. The Morgan fingerprint density at radius 2 is 1.08 bits per heavy atom. The Balaban J connectivity index is 1.21. The van der Waals surface area contributed by atoms with E-state index in [0.717, 1.165) is 60.1 Å². The van der Waals surface area contributed by atoms with Gasteiger partial charge in [0.25, 0.3) is 0 Å². The number of benzene rings is 2. The third kappa shape index (κ3) is 5.67. The number of hydrogen-bond donors (Lipinski definition) is 0. The Morgan fingerprint density at radius 3 is 1.54 bits per heavy atom.